The van der Waals surface area contributed by atoms with Gasteiger partial charge in [0.25, 0.3) is 0 Å². The first-order valence-electron chi connectivity index (χ1n) is 6.64. The van der Waals surface area contributed by atoms with Gasteiger partial charge in [-0.05, 0) is 37.5 Å². The van der Waals surface area contributed by atoms with E-state index in [4.69, 9.17) is 4.74 Å². The molecule has 1 heterocycles. The molecule has 1 aliphatic heterocycles. The molecule has 2 atom stereocenters. The largest absolute Gasteiger partial charge is 0.378 e. The Balaban J connectivity index is 1.80. The lowest BCUT2D eigenvalue weighted by Gasteiger charge is -2.27. The second kappa shape index (κ2) is 7.04. The number of amides is 2. The van der Waals surface area contributed by atoms with E-state index in [0.29, 0.717) is 17.6 Å². The predicted octanol–water partition coefficient (Wildman–Crippen LogP) is 2.95. The zero-order valence-electron chi connectivity index (χ0n) is 11.3. The van der Waals surface area contributed by atoms with Crippen molar-refractivity contribution in [3.63, 3.8) is 0 Å². The van der Waals surface area contributed by atoms with Gasteiger partial charge in [0, 0.05) is 23.7 Å². The van der Waals surface area contributed by atoms with E-state index in [1.807, 2.05) is 6.92 Å². The Morgan fingerprint density at radius 1 is 1.55 bits per heavy atom. The van der Waals surface area contributed by atoms with Crippen molar-refractivity contribution >= 4 is 22.0 Å². The summed E-state index contributed by atoms with van der Waals surface area (Å²) in [6, 6.07) is 4.35. The van der Waals surface area contributed by atoms with Gasteiger partial charge in [-0.15, -0.1) is 0 Å². The number of ether oxygens (including phenoxy) is 1. The van der Waals surface area contributed by atoms with Crippen LogP contribution in [0.3, 0.4) is 0 Å². The van der Waals surface area contributed by atoms with E-state index < -0.39 is 0 Å². The Morgan fingerprint density at radius 2 is 2.35 bits per heavy atom. The summed E-state index contributed by atoms with van der Waals surface area (Å²) in [5.74, 6) is -0.304. The third-order valence-corrected chi connectivity index (χ3v) is 4.01. The van der Waals surface area contributed by atoms with Gasteiger partial charge < -0.3 is 15.4 Å². The summed E-state index contributed by atoms with van der Waals surface area (Å²) in [6.07, 6.45) is 1.84. The summed E-state index contributed by atoms with van der Waals surface area (Å²) in [6.45, 7) is 3.03. The van der Waals surface area contributed by atoms with Gasteiger partial charge in [-0.2, -0.15) is 0 Å². The first kappa shape index (κ1) is 15.3. The molecular weight excluding hydrogens is 327 g/mol. The molecule has 1 aromatic carbocycles. The molecule has 1 fully saturated rings. The van der Waals surface area contributed by atoms with Gasteiger partial charge in [0.2, 0.25) is 0 Å². The zero-order valence-corrected chi connectivity index (χ0v) is 12.9. The van der Waals surface area contributed by atoms with Crippen molar-refractivity contribution in [2.45, 2.75) is 38.5 Å². The maximum Gasteiger partial charge on any atom is 0.315 e. The van der Waals surface area contributed by atoms with Crippen LogP contribution in [0, 0.1) is 5.82 Å². The first-order valence-corrected chi connectivity index (χ1v) is 7.44. The number of rotatable bonds is 3. The Kier molecular flexibility index (Phi) is 5.37. The van der Waals surface area contributed by atoms with Crippen molar-refractivity contribution in [3.05, 3.63) is 34.1 Å². The van der Waals surface area contributed by atoms with Crippen molar-refractivity contribution in [1.82, 2.24) is 10.6 Å². The third-order valence-electron chi connectivity index (χ3n) is 3.27. The molecule has 6 heteroatoms. The molecule has 0 radical (unpaired) electrons. The van der Waals surface area contributed by atoms with Gasteiger partial charge >= 0.3 is 6.03 Å². The lowest BCUT2D eigenvalue weighted by Crippen LogP contribution is -2.45. The smallest absolute Gasteiger partial charge is 0.315 e. The summed E-state index contributed by atoms with van der Waals surface area (Å²) in [5.41, 5.74) is 0.835. The predicted molar refractivity (Wildman–Crippen MR) is 77.9 cm³/mol. The molecule has 2 amide bonds. The average Bonchev–Trinajstić information content (AvgIpc) is 2.37. The maximum absolute atomic E-state index is 13.0. The molecule has 2 rings (SSSR count). The molecule has 4 nitrogen and oxygen atoms in total. The Bertz CT molecular complexity index is 484. The average molecular weight is 345 g/mol. The van der Waals surface area contributed by atoms with Crippen molar-refractivity contribution in [2.75, 3.05) is 6.61 Å². The molecule has 0 bridgehead atoms. The van der Waals surface area contributed by atoms with Crippen LogP contribution in [0.4, 0.5) is 9.18 Å². The minimum absolute atomic E-state index is 0.149. The molecule has 2 N–H and O–H groups in total. The molecular formula is C14H18BrFN2O2. The van der Waals surface area contributed by atoms with Gasteiger partial charge in [0.15, 0.2) is 0 Å². The van der Waals surface area contributed by atoms with Gasteiger partial charge in [-0.25, -0.2) is 9.18 Å². The van der Waals surface area contributed by atoms with Gasteiger partial charge in [-0.3, -0.25) is 0 Å². The Labute approximate surface area is 126 Å². The zero-order chi connectivity index (χ0) is 14.5. The fourth-order valence-corrected chi connectivity index (χ4v) is 2.70. The number of urea groups is 1. The van der Waals surface area contributed by atoms with E-state index in [-0.39, 0.29) is 24.0 Å². The van der Waals surface area contributed by atoms with E-state index in [0.717, 1.165) is 18.4 Å². The van der Waals surface area contributed by atoms with Crippen LogP contribution in [0.15, 0.2) is 22.7 Å². The fraction of sp³-hybridized carbons (Fsp3) is 0.500. The quantitative estimate of drug-likeness (QED) is 0.885. The topological polar surface area (TPSA) is 50.4 Å². The molecule has 1 aliphatic rings. The van der Waals surface area contributed by atoms with Gasteiger partial charge in [-0.1, -0.05) is 22.0 Å². The van der Waals surface area contributed by atoms with Crippen molar-refractivity contribution < 1.29 is 13.9 Å². The summed E-state index contributed by atoms with van der Waals surface area (Å²) in [4.78, 5) is 11.8. The molecule has 0 saturated carbocycles. The van der Waals surface area contributed by atoms with E-state index in [9.17, 15) is 9.18 Å². The monoisotopic (exact) mass is 344 g/mol. The molecule has 0 spiro atoms. The molecule has 1 saturated heterocycles. The minimum Gasteiger partial charge on any atom is -0.378 e. The van der Waals surface area contributed by atoms with Crippen LogP contribution < -0.4 is 10.6 Å². The van der Waals surface area contributed by atoms with Crippen LogP contribution in [-0.2, 0) is 11.3 Å². The van der Waals surface area contributed by atoms with Crippen LogP contribution in [0.1, 0.15) is 25.3 Å². The highest BCUT2D eigenvalue weighted by Crippen LogP contribution is 2.18. The summed E-state index contributed by atoms with van der Waals surface area (Å²) >= 11 is 3.28. The second-order valence-corrected chi connectivity index (χ2v) is 5.82. The second-order valence-electron chi connectivity index (χ2n) is 4.97. The number of hydrogen-bond donors (Lipinski definition) is 2. The number of halogens is 2. The number of carbonyl (C=O) groups excluding carboxylic acids is 1. The Hall–Kier alpha value is -1.14. The first-order chi connectivity index (χ1) is 9.54. The van der Waals surface area contributed by atoms with Crippen LogP contribution in [0.5, 0.6) is 0 Å². The SMILES string of the molecule is C[C@H]1C[C@H](NC(=O)NCc2ccc(F)cc2Br)CCO1. The standard InChI is InChI=1S/C14H18BrFN2O2/c1-9-6-12(4-5-20-9)18-14(19)17-8-10-2-3-11(16)7-13(10)15/h2-3,7,9,12H,4-6,8H2,1H3,(H2,17,18,19)/t9-,12+/m0/s1. The minimum atomic E-state index is -0.304. The highest BCUT2D eigenvalue weighted by molar-refractivity contribution is 9.10. The Morgan fingerprint density at radius 3 is 3.05 bits per heavy atom. The molecule has 0 unspecified atom stereocenters. The molecule has 1 aromatic rings. The van der Waals surface area contributed by atoms with E-state index in [2.05, 4.69) is 26.6 Å². The van der Waals surface area contributed by atoms with Crippen LogP contribution >= 0.6 is 15.9 Å². The van der Waals surface area contributed by atoms with E-state index in [1.54, 1.807) is 6.07 Å². The molecule has 110 valence electrons. The number of benzene rings is 1. The normalized spacial score (nSPS) is 22.4. The van der Waals surface area contributed by atoms with Gasteiger partial charge in [0.05, 0.1) is 6.10 Å². The van der Waals surface area contributed by atoms with Crippen LogP contribution in [0.25, 0.3) is 0 Å². The number of carbonyl (C=O) groups is 1. The lowest BCUT2D eigenvalue weighted by atomic mass is 10.0. The maximum atomic E-state index is 13.0. The van der Waals surface area contributed by atoms with Crippen molar-refractivity contribution in [3.8, 4) is 0 Å². The number of hydrogen-bond acceptors (Lipinski definition) is 2. The summed E-state index contributed by atoms with van der Waals surface area (Å²) in [5, 5.41) is 5.71. The summed E-state index contributed by atoms with van der Waals surface area (Å²) < 4.78 is 19.0. The molecule has 0 aliphatic carbocycles. The molecule has 0 aromatic heterocycles. The highest BCUT2D eigenvalue weighted by Gasteiger charge is 2.20. The van der Waals surface area contributed by atoms with Crippen LogP contribution in [-0.4, -0.2) is 24.8 Å². The fourth-order valence-electron chi connectivity index (χ4n) is 2.21. The number of nitrogens with one attached hydrogen (secondary N) is 2. The summed E-state index contributed by atoms with van der Waals surface area (Å²) in [7, 11) is 0. The van der Waals surface area contributed by atoms with Crippen LogP contribution in [0.2, 0.25) is 0 Å². The van der Waals surface area contributed by atoms with Gasteiger partial charge in [0.1, 0.15) is 5.82 Å². The van der Waals surface area contributed by atoms with E-state index >= 15 is 0 Å². The molecule has 20 heavy (non-hydrogen) atoms. The highest BCUT2D eigenvalue weighted by atomic mass is 79.9. The van der Waals surface area contributed by atoms with E-state index in [1.165, 1.54) is 12.1 Å². The third kappa shape index (κ3) is 4.45. The lowest BCUT2D eigenvalue weighted by molar-refractivity contribution is 0.0154. The van der Waals surface area contributed by atoms with Crippen molar-refractivity contribution in [2.24, 2.45) is 0 Å². The van der Waals surface area contributed by atoms with Crippen molar-refractivity contribution in [1.29, 1.82) is 0 Å².